The van der Waals surface area contributed by atoms with Gasteiger partial charge in [-0.2, -0.15) is 0 Å². The van der Waals surface area contributed by atoms with Crippen LogP contribution in [0, 0.1) is 0 Å². The van der Waals surface area contributed by atoms with Crippen LogP contribution in [-0.4, -0.2) is 19.1 Å². The van der Waals surface area contributed by atoms with Crippen LogP contribution in [0.15, 0.2) is 49.3 Å². The lowest BCUT2D eigenvalue weighted by atomic mass is 10.3. The van der Waals surface area contributed by atoms with Crippen molar-refractivity contribution in [3.63, 3.8) is 0 Å². The van der Waals surface area contributed by atoms with E-state index in [1.807, 2.05) is 35.3 Å². The Balaban J connectivity index is 2.05. The fourth-order valence-electron chi connectivity index (χ4n) is 1.67. The molecule has 0 aliphatic heterocycles. The average molecular weight is 198 g/mol. The topological polar surface area (TPSA) is 35.6 Å². The second kappa shape index (κ2) is 3.24. The van der Waals surface area contributed by atoms with Crippen molar-refractivity contribution in [1.82, 2.24) is 19.1 Å². The monoisotopic (exact) mass is 198 g/mol. The van der Waals surface area contributed by atoms with Crippen LogP contribution < -0.4 is 0 Å². The van der Waals surface area contributed by atoms with Crippen LogP contribution in [0.1, 0.15) is 0 Å². The molecule has 0 spiro atoms. The van der Waals surface area contributed by atoms with Crippen molar-refractivity contribution in [2.24, 2.45) is 0 Å². The Labute approximate surface area is 86.8 Å². The van der Waals surface area contributed by atoms with Crippen LogP contribution >= 0.6 is 0 Å². The van der Waals surface area contributed by atoms with Gasteiger partial charge in [-0.1, -0.05) is 12.1 Å². The summed E-state index contributed by atoms with van der Waals surface area (Å²) < 4.78 is 4.10. The molecule has 0 unspecified atom stereocenters. The molecule has 0 radical (unpaired) electrons. The molecule has 0 N–H and O–H groups in total. The summed E-state index contributed by atoms with van der Waals surface area (Å²) in [6, 6.07) is 8.10. The number of imidazole rings is 2. The normalized spacial score (nSPS) is 10.9. The van der Waals surface area contributed by atoms with E-state index in [1.54, 1.807) is 12.5 Å². The molecule has 0 atom stereocenters. The maximum Gasteiger partial charge on any atom is 0.101 e. The van der Waals surface area contributed by atoms with Crippen molar-refractivity contribution < 1.29 is 0 Å². The number of fused-ring (bicyclic) bond motifs is 1. The van der Waals surface area contributed by atoms with E-state index < -0.39 is 0 Å². The predicted octanol–water partition coefficient (Wildman–Crippen LogP) is 1.74. The molecule has 0 saturated heterocycles. The summed E-state index contributed by atoms with van der Waals surface area (Å²) in [5, 5.41) is 0. The van der Waals surface area contributed by atoms with E-state index in [-0.39, 0.29) is 0 Å². The van der Waals surface area contributed by atoms with Gasteiger partial charge in [-0.3, -0.25) is 0 Å². The van der Waals surface area contributed by atoms with E-state index in [9.17, 15) is 0 Å². The molecule has 3 aromatic rings. The lowest BCUT2D eigenvalue weighted by Crippen LogP contribution is -2.04. The molecule has 0 bridgehead atoms. The summed E-state index contributed by atoms with van der Waals surface area (Å²) in [6.07, 6.45) is 7.37. The summed E-state index contributed by atoms with van der Waals surface area (Å²) in [6.45, 7) is 0.751. The first-order chi connectivity index (χ1) is 7.43. The molecule has 0 fully saturated rings. The molecule has 0 aliphatic rings. The first-order valence-corrected chi connectivity index (χ1v) is 4.79. The molecule has 0 amide bonds. The van der Waals surface area contributed by atoms with E-state index in [0.717, 1.165) is 17.7 Å². The van der Waals surface area contributed by atoms with Crippen LogP contribution in [0.3, 0.4) is 0 Å². The summed E-state index contributed by atoms with van der Waals surface area (Å²) >= 11 is 0. The fraction of sp³-hybridized carbons (Fsp3) is 0.0909. The lowest BCUT2D eigenvalue weighted by molar-refractivity contribution is 0.621. The van der Waals surface area contributed by atoms with Gasteiger partial charge in [0, 0.05) is 12.4 Å². The summed E-state index contributed by atoms with van der Waals surface area (Å²) in [5.74, 6) is 0. The van der Waals surface area contributed by atoms with Crippen LogP contribution in [0.5, 0.6) is 0 Å². The van der Waals surface area contributed by atoms with Gasteiger partial charge in [-0.25, -0.2) is 9.97 Å². The maximum atomic E-state index is 4.33. The third-order valence-electron chi connectivity index (χ3n) is 2.40. The second-order valence-corrected chi connectivity index (χ2v) is 3.42. The summed E-state index contributed by atoms with van der Waals surface area (Å²) in [4.78, 5) is 8.34. The first-order valence-electron chi connectivity index (χ1n) is 4.79. The van der Waals surface area contributed by atoms with Crippen LogP contribution in [0.25, 0.3) is 11.0 Å². The van der Waals surface area contributed by atoms with Crippen LogP contribution in [0.2, 0.25) is 0 Å². The van der Waals surface area contributed by atoms with E-state index in [1.165, 1.54) is 0 Å². The smallest absolute Gasteiger partial charge is 0.101 e. The van der Waals surface area contributed by atoms with Gasteiger partial charge in [0.2, 0.25) is 0 Å². The Kier molecular flexibility index (Phi) is 1.78. The molecule has 2 heterocycles. The molecule has 1 aromatic carbocycles. The number of para-hydroxylation sites is 2. The highest BCUT2D eigenvalue weighted by Gasteiger charge is 2.00. The number of rotatable bonds is 2. The Morgan fingerprint density at radius 1 is 1.13 bits per heavy atom. The number of aromatic nitrogens is 4. The molecule has 3 rings (SSSR count). The van der Waals surface area contributed by atoms with Crippen molar-refractivity contribution in [3.8, 4) is 0 Å². The van der Waals surface area contributed by atoms with E-state index >= 15 is 0 Å². The molecular weight excluding hydrogens is 188 g/mol. The van der Waals surface area contributed by atoms with Gasteiger partial charge >= 0.3 is 0 Å². The van der Waals surface area contributed by atoms with Gasteiger partial charge in [0.05, 0.1) is 23.7 Å². The van der Waals surface area contributed by atoms with Crippen molar-refractivity contribution in [1.29, 1.82) is 0 Å². The third kappa shape index (κ3) is 1.40. The zero-order valence-electron chi connectivity index (χ0n) is 8.11. The van der Waals surface area contributed by atoms with Crippen molar-refractivity contribution >= 4 is 11.0 Å². The average Bonchev–Trinajstić information content (AvgIpc) is 2.89. The summed E-state index contributed by atoms with van der Waals surface area (Å²) in [5.41, 5.74) is 2.17. The minimum atomic E-state index is 0.751. The number of nitrogens with zero attached hydrogens (tertiary/aromatic N) is 4. The standard InChI is InChI=1S/C11H10N4/c1-2-4-11-10(3-1)13-8-15(11)9-14-6-5-12-7-14/h1-8H,9H2. The van der Waals surface area contributed by atoms with Crippen LogP contribution in [0.4, 0.5) is 0 Å². The Morgan fingerprint density at radius 3 is 2.93 bits per heavy atom. The second-order valence-electron chi connectivity index (χ2n) is 3.42. The molecule has 74 valence electrons. The molecule has 0 saturated carbocycles. The van der Waals surface area contributed by atoms with Crippen molar-refractivity contribution in [2.45, 2.75) is 6.67 Å². The van der Waals surface area contributed by atoms with Crippen molar-refractivity contribution in [3.05, 3.63) is 49.3 Å². The zero-order valence-corrected chi connectivity index (χ0v) is 8.11. The van der Waals surface area contributed by atoms with E-state index in [4.69, 9.17) is 0 Å². The number of hydrogen-bond acceptors (Lipinski definition) is 2. The molecule has 2 aromatic heterocycles. The lowest BCUT2D eigenvalue weighted by Gasteiger charge is -2.04. The zero-order chi connectivity index (χ0) is 10.1. The van der Waals surface area contributed by atoms with Gasteiger partial charge in [0.25, 0.3) is 0 Å². The maximum absolute atomic E-state index is 4.33. The largest absolute Gasteiger partial charge is 0.319 e. The van der Waals surface area contributed by atoms with Crippen molar-refractivity contribution in [2.75, 3.05) is 0 Å². The Bertz CT molecular complexity index is 565. The molecule has 4 heteroatoms. The Morgan fingerprint density at radius 2 is 2.07 bits per heavy atom. The van der Waals surface area contributed by atoms with E-state index in [2.05, 4.69) is 20.6 Å². The predicted molar refractivity (Wildman–Crippen MR) is 57.4 cm³/mol. The quantitative estimate of drug-likeness (QED) is 0.628. The third-order valence-corrected chi connectivity index (χ3v) is 2.40. The van der Waals surface area contributed by atoms with Gasteiger partial charge in [0.15, 0.2) is 0 Å². The van der Waals surface area contributed by atoms with Gasteiger partial charge in [0.1, 0.15) is 6.67 Å². The molecule has 4 nitrogen and oxygen atoms in total. The highest BCUT2D eigenvalue weighted by Crippen LogP contribution is 2.11. The fourth-order valence-corrected chi connectivity index (χ4v) is 1.67. The Hall–Kier alpha value is -2.10. The van der Waals surface area contributed by atoms with Gasteiger partial charge in [-0.15, -0.1) is 0 Å². The highest BCUT2D eigenvalue weighted by molar-refractivity contribution is 5.74. The molecule has 0 aliphatic carbocycles. The van der Waals surface area contributed by atoms with Crippen LogP contribution in [-0.2, 0) is 6.67 Å². The minimum absolute atomic E-state index is 0.751. The molecular formula is C11H10N4. The SMILES string of the molecule is c1ccc2c(c1)ncn2Cn1ccnc1. The summed E-state index contributed by atoms with van der Waals surface area (Å²) in [7, 11) is 0. The first kappa shape index (κ1) is 8.23. The minimum Gasteiger partial charge on any atom is -0.319 e. The van der Waals surface area contributed by atoms with Gasteiger partial charge in [-0.05, 0) is 12.1 Å². The number of benzene rings is 1. The van der Waals surface area contributed by atoms with E-state index in [0.29, 0.717) is 0 Å². The number of hydrogen-bond donors (Lipinski definition) is 0. The molecule has 15 heavy (non-hydrogen) atoms. The van der Waals surface area contributed by atoms with Gasteiger partial charge < -0.3 is 9.13 Å². The highest BCUT2D eigenvalue weighted by atomic mass is 15.2.